The molecule has 13 heavy (non-hydrogen) atoms. The number of unbranched alkanes of at least 4 members (excludes halogenated alkanes) is 1. The third kappa shape index (κ3) is 3.83. The number of carbonyl (C=O) groups is 1. The van der Waals surface area contributed by atoms with Crippen LogP contribution in [-0.2, 0) is 11.2 Å². The molecule has 4 nitrogen and oxygen atoms in total. The van der Waals surface area contributed by atoms with E-state index in [1.165, 1.54) is 6.33 Å². The largest absolute Gasteiger partial charge is 0.300 e. The van der Waals surface area contributed by atoms with Crippen LogP contribution in [0.5, 0.6) is 0 Å². The minimum Gasteiger partial charge on any atom is -0.300 e. The van der Waals surface area contributed by atoms with Gasteiger partial charge in [-0.1, -0.05) is 13.3 Å². The van der Waals surface area contributed by atoms with Crippen molar-refractivity contribution in [3.05, 3.63) is 12.2 Å². The van der Waals surface area contributed by atoms with E-state index in [1.807, 2.05) is 0 Å². The van der Waals surface area contributed by atoms with Gasteiger partial charge in [-0.05, 0) is 6.42 Å². The van der Waals surface area contributed by atoms with Crippen LogP contribution in [0.1, 0.15) is 38.4 Å². The average Bonchev–Trinajstić information content (AvgIpc) is 2.64. The molecule has 4 heteroatoms. The lowest BCUT2D eigenvalue weighted by Crippen LogP contribution is -2.00. The first-order chi connectivity index (χ1) is 6.33. The van der Waals surface area contributed by atoms with Crippen LogP contribution >= 0.6 is 0 Å². The fourth-order valence-corrected chi connectivity index (χ4v) is 1.11. The molecule has 1 rings (SSSR count). The smallest absolute Gasteiger partial charge is 0.137 e. The van der Waals surface area contributed by atoms with E-state index in [4.69, 9.17) is 0 Å². The summed E-state index contributed by atoms with van der Waals surface area (Å²) in [6.07, 6.45) is 5.50. The molecular formula is C9H15N3O. The highest BCUT2D eigenvalue weighted by Gasteiger charge is 2.02. The number of hydrogen-bond acceptors (Lipinski definition) is 3. The molecule has 0 fully saturated rings. The summed E-state index contributed by atoms with van der Waals surface area (Å²) in [4.78, 5) is 15.2. The van der Waals surface area contributed by atoms with Gasteiger partial charge in [0.05, 0.1) is 0 Å². The number of hydrogen-bond donors (Lipinski definition) is 1. The molecule has 0 radical (unpaired) electrons. The van der Waals surface area contributed by atoms with E-state index in [9.17, 15) is 4.79 Å². The minimum atomic E-state index is 0.318. The summed E-state index contributed by atoms with van der Waals surface area (Å²) < 4.78 is 0. The van der Waals surface area contributed by atoms with Gasteiger partial charge in [-0.25, -0.2) is 4.98 Å². The Morgan fingerprint density at radius 2 is 2.38 bits per heavy atom. The summed E-state index contributed by atoms with van der Waals surface area (Å²) in [7, 11) is 0. The number of aromatic amines is 1. The number of aromatic nitrogens is 3. The van der Waals surface area contributed by atoms with Crippen LogP contribution in [0.2, 0.25) is 0 Å². The molecule has 72 valence electrons. The van der Waals surface area contributed by atoms with Gasteiger partial charge in [0, 0.05) is 19.3 Å². The number of H-pyrrole nitrogens is 1. The SMILES string of the molecule is CCCCC(=O)CCc1ncn[nH]1. The topological polar surface area (TPSA) is 58.6 Å². The lowest BCUT2D eigenvalue weighted by molar-refractivity contribution is -0.119. The number of rotatable bonds is 6. The van der Waals surface area contributed by atoms with E-state index in [-0.39, 0.29) is 0 Å². The van der Waals surface area contributed by atoms with Crippen molar-refractivity contribution in [2.45, 2.75) is 39.0 Å². The second-order valence-electron chi connectivity index (χ2n) is 3.07. The predicted octanol–water partition coefficient (Wildman–Crippen LogP) is 1.50. The number of aryl methyl sites for hydroxylation is 1. The van der Waals surface area contributed by atoms with Crippen molar-refractivity contribution >= 4 is 5.78 Å². The quantitative estimate of drug-likeness (QED) is 0.723. The maximum absolute atomic E-state index is 11.2. The number of ketones is 1. The average molecular weight is 181 g/mol. The molecule has 1 heterocycles. The summed E-state index contributed by atoms with van der Waals surface area (Å²) in [6, 6.07) is 0. The molecule has 1 aromatic heterocycles. The van der Waals surface area contributed by atoms with Crippen LogP contribution in [0.4, 0.5) is 0 Å². The first-order valence-electron chi connectivity index (χ1n) is 4.69. The molecule has 0 aromatic carbocycles. The van der Waals surface area contributed by atoms with Crippen molar-refractivity contribution in [2.24, 2.45) is 0 Å². The molecule has 0 spiro atoms. The third-order valence-electron chi connectivity index (χ3n) is 1.91. The van der Waals surface area contributed by atoms with Gasteiger partial charge in [0.2, 0.25) is 0 Å². The standard InChI is InChI=1S/C9H15N3O/c1-2-3-4-8(13)5-6-9-10-7-11-12-9/h7H,2-6H2,1H3,(H,10,11,12). The normalized spacial score (nSPS) is 10.2. The second kappa shape index (κ2) is 5.45. The van der Waals surface area contributed by atoms with Gasteiger partial charge in [-0.2, -0.15) is 5.10 Å². The molecule has 0 atom stereocenters. The maximum Gasteiger partial charge on any atom is 0.137 e. The molecule has 0 unspecified atom stereocenters. The van der Waals surface area contributed by atoms with Crippen molar-refractivity contribution in [1.82, 2.24) is 15.2 Å². The molecule has 1 N–H and O–H groups in total. The Morgan fingerprint density at radius 1 is 1.54 bits per heavy atom. The van der Waals surface area contributed by atoms with Crippen LogP contribution in [0, 0.1) is 0 Å². The molecule has 0 bridgehead atoms. The lowest BCUT2D eigenvalue weighted by atomic mass is 10.1. The van der Waals surface area contributed by atoms with E-state index in [1.54, 1.807) is 0 Å². The highest BCUT2D eigenvalue weighted by Crippen LogP contribution is 2.01. The van der Waals surface area contributed by atoms with Crippen molar-refractivity contribution in [3.63, 3.8) is 0 Å². The zero-order chi connectivity index (χ0) is 9.52. The first kappa shape index (κ1) is 9.89. The van der Waals surface area contributed by atoms with E-state index < -0.39 is 0 Å². The zero-order valence-corrected chi connectivity index (χ0v) is 7.92. The van der Waals surface area contributed by atoms with Crippen molar-refractivity contribution in [1.29, 1.82) is 0 Å². The molecule has 1 aromatic rings. The monoisotopic (exact) mass is 181 g/mol. The van der Waals surface area contributed by atoms with Crippen LogP contribution < -0.4 is 0 Å². The van der Waals surface area contributed by atoms with Crippen LogP contribution in [0.25, 0.3) is 0 Å². The van der Waals surface area contributed by atoms with E-state index in [0.29, 0.717) is 25.0 Å². The van der Waals surface area contributed by atoms with E-state index in [2.05, 4.69) is 22.1 Å². The highest BCUT2D eigenvalue weighted by atomic mass is 16.1. The second-order valence-corrected chi connectivity index (χ2v) is 3.07. The lowest BCUT2D eigenvalue weighted by Gasteiger charge is -1.96. The van der Waals surface area contributed by atoms with Crippen molar-refractivity contribution < 1.29 is 4.79 Å². The number of nitrogens with zero attached hydrogens (tertiary/aromatic N) is 2. The number of carbonyl (C=O) groups excluding carboxylic acids is 1. The summed E-state index contributed by atoms with van der Waals surface area (Å²) in [5.74, 6) is 1.11. The zero-order valence-electron chi connectivity index (χ0n) is 7.92. The Bertz CT molecular complexity index is 243. The molecular weight excluding hydrogens is 166 g/mol. The van der Waals surface area contributed by atoms with Gasteiger partial charge in [0.15, 0.2) is 0 Å². The van der Waals surface area contributed by atoms with Crippen LogP contribution in [0.15, 0.2) is 6.33 Å². The number of Topliss-reactive ketones (excluding diaryl/α,β-unsaturated/α-hetero) is 1. The molecule has 0 aliphatic carbocycles. The highest BCUT2D eigenvalue weighted by molar-refractivity contribution is 5.78. The van der Waals surface area contributed by atoms with Gasteiger partial charge < -0.3 is 0 Å². The Balaban J connectivity index is 2.15. The summed E-state index contributed by atoms with van der Waals surface area (Å²) in [6.45, 7) is 2.09. The van der Waals surface area contributed by atoms with Gasteiger partial charge in [0.25, 0.3) is 0 Å². The molecule has 0 saturated carbocycles. The molecule has 0 aliphatic rings. The van der Waals surface area contributed by atoms with Crippen LogP contribution in [-0.4, -0.2) is 21.0 Å². The van der Waals surface area contributed by atoms with Gasteiger partial charge >= 0.3 is 0 Å². The fraction of sp³-hybridized carbons (Fsp3) is 0.667. The van der Waals surface area contributed by atoms with Crippen molar-refractivity contribution in [3.8, 4) is 0 Å². The summed E-state index contributed by atoms with van der Waals surface area (Å²) in [5, 5.41) is 6.45. The Hall–Kier alpha value is -1.19. The predicted molar refractivity (Wildman–Crippen MR) is 49.2 cm³/mol. The first-order valence-corrected chi connectivity index (χ1v) is 4.69. The molecule has 0 saturated heterocycles. The Kier molecular flexibility index (Phi) is 4.15. The van der Waals surface area contributed by atoms with Gasteiger partial charge in [0.1, 0.15) is 17.9 Å². The van der Waals surface area contributed by atoms with Gasteiger partial charge in [-0.3, -0.25) is 9.89 Å². The van der Waals surface area contributed by atoms with Gasteiger partial charge in [-0.15, -0.1) is 0 Å². The Labute approximate surface area is 77.8 Å². The fourth-order valence-electron chi connectivity index (χ4n) is 1.11. The molecule has 0 amide bonds. The number of nitrogens with one attached hydrogen (secondary N) is 1. The molecule has 0 aliphatic heterocycles. The summed E-state index contributed by atoms with van der Waals surface area (Å²) >= 11 is 0. The summed E-state index contributed by atoms with van der Waals surface area (Å²) in [5.41, 5.74) is 0. The van der Waals surface area contributed by atoms with Crippen molar-refractivity contribution in [2.75, 3.05) is 0 Å². The van der Waals surface area contributed by atoms with E-state index >= 15 is 0 Å². The third-order valence-corrected chi connectivity index (χ3v) is 1.91. The van der Waals surface area contributed by atoms with E-state index in [0.717, 1.165) is 18.7 Å². The Morgan fingerprint density at radius 3 is 3.00 bits per heavy atom. The minimum absolute atomic E-state index is 0.318. The van der Waals surface area contributed by atoms with Crippen LogP contribution in [0.3, 0.4) is 0 Å². The maximum atomic E-state index is 11.2.